The molecule has 1 unspecified atom stereocenters. The summed E-state index contributed by atoms with van der Waals surface area (Å²) in [5.74, 6) is 1.17. The predicted octanol–water partition coefficient (Wildman–Crippen LogP) is 2.32. The zero-order chi connectivity index (χ0) is 12.7. The third-order valence-corrected chi connectivity index (χ3v) is 3.73. The van der Waals surface area contributed by atoms with E-state index in [4.69, 9.17) is 5.11 Å². The second-order valence-corrected chi connectivity index (χ2v) is 5.14. The lowest BCUT2D eigenvalue weighted by Crippen LogP contribution is -2.37. The van der Waals surface area contributed by atoms with Gasteiger partial charge in [-0.1, -0.05) is 30.3 Å². The van der Waals surface area contributed by atoms with E-state index < -0.39 is 12.0 Å². The average molecular weight is 253 g/mol. The summed E-state index contributed by atoms with van der Waals surface area (Å²) in [6.45, 7) is 2.51. The van der Waals surface area contributed by atoms with Crippen LogP contribution in [0.15, 0.2) is 30.3 Å². The quantitative estimate of drug-likeness (QED) is 0.757. The first-order valence-corrected chi connectivity index (χ1v) is 6.81. The molecule has 0 aliphatic heterocycles. The summed E-state index contributed by atoms with van der Waals surface area (Å²) >= 11 is 1.83. The van der Waals surface area contributed by atoms with Crippen molar-refractivity contribution in [2.45, 2.75) is 18.7 Å². The number of hydrogen-bond donors (Lipinski definition) is 1. The molecule has 0 radical (unpaired) electrons. The fraction of sp³-hybridized carbons (Fsp3) is 0.462. The first-order chi connectivity index (χ1) is 8.11. The second-order valence-electron chi connectivity index (χ2n) is 4.03. The van der Waals surface area contributed by atoms with Gasteiger partial charge in [0.1, 0.15) is 6.04 Å². The molecule has 1 aromatic rings. The van der Waals surface area contributed by atoms with Crippen molar-refractivity contribution in [1.82, 2.24) is 4.90 Å². The van der Waals surface area contributed by atoms with Gasteiger partial charge in [-0.25, -0.2) is 0 Å². The zero-order valence-corrected chi connectivity index (χ0v) is 11.1. The van der Waals surface area contributed by atoms with Crippen LogP contribution in [0.2, 0.25) is 0 Å². The highest BCUT2D eigenvalue weighted by Crippen LogP contribution is 2.11. The highest BCUT2D eigenvalue weighted by Gasteiger charge is 2.15. The van der Waals surface area contributed by atoms with E-state index >= 15 is 0 Å². The lowest BCUT2D eigenvalue weighted by molar-refractivity contribution is -0.141. The van der Waals surface area contributed by atoms with Crippen molar-refractivity contribution in [3.8, 4) is 0 Å². The van der Waals surface area contributed by atoms with E-state index in [-0.39, 0.29) is 0 Å². The minimum absolute atomic E-state index is 0.410. The van der Waals surface area contributed by atoms with Gasteiger partial charge in [0.2, 0.25) is 0 Å². The molecule has 3 nitrogen and oxygen atoms in total. The maximum absolute atomic E-state index is 10.7. The van der Waals surface area contributed by atoms with Crippen LogP contribution in [0.25, 0.3) is 0 Å². The number of aliphatic carboxylic acids is 1. The van der Waals surface area contributed by atoms with Crippen LogP contribution in [-0.4, -0.2) is 41.4 Å². The Labute approximate surface area is 107 Å². The molecule has 0 amide bonds. The predicted molar refractivity (Wildman–Crippen MR) is 72.3 cm³/mol. The van der Waals surface area contributed by atoms with Crippen molar-refractivity contribution in [3.05, 3.63) is 35.9 Å². The molecule has 1 N–H and O–H groups in total. The molecule has 0 aromatic heterocycles. The highest BCUT2D eigenvalue weighted by molar-refractivity contribution is 7.98. The number of carboxylic acid groups (broad SMARTS) is 1. The van der Waals surface area contributed by atoms with E-state index in [1.54, 1.807) is 6.92 Å². The van der Waals surface area contributed by atoms with Crippen LogP contribution in [0.3, 0.4) is 0 Å². The van der Waals surface area contributed by atoms with Gasteiger partial charge in [-0.2, -0.15) is 11.8 Å². The Morgan fingerprint density at radius 3 is 2.65 bits per heavy atom. The van der Waals surface area contributed by atoms with Crippen LogP contribution in [0.5, 0.6) is 0 Å². The number of carboxylic acids is 1. The Hall–Kier alpha value is -1.00. The largest absolute Gasteiger partial charge is 0.480 e. The summed E-state index contributed by atoms with van der Waals surface area (Å²) in [6, 6.07) is 9.89. The van der Waals surface area contributed by atoms with E-state index in [1.807, 2.05) is 41.9 Å². The highest BCUT2D eigenvalue weighted by atomic mass is 32.2. The summed E-state index contributed by atoms with van der Waals surface area (Å²) in [5, 5.41) is 8.84. The fourth-order valence-corrected chi connectivity index (χ4v) is 2.34. The number of benzene rings is 1. The molecule has 0 saturated carbocycles. The maximum Gasteiger partial charge on any atom is 0.320 e. The minimum Gasteiger partial charge on any atom is -0.480 e. The molecule has 0 bridgehead atoms. The summed E-state index contributed by atoms with van der Waals surface area (Å²) < 4.78 is 0. The number of likely N-dealkylation sites (N-methyl/N-ethyl adjacent to an activating group) is 1. The molecule has 0 aliphatic carbocycles. The molecule has 17 heavy (non-hydrogen) atoms. The van der Waals surface area contributed by atoms with E-state index in [2.05, 4.69) is 12.1 Å². The van der Waals surface area contributed by atoms with Gasteiger partial charge in [0.25, 0.3) is 0 Å². The lowest BCUT2D eigenvalue weighted by Gasteiger charge is -2.20. The molecule has 4 heteroatoms. The molecule has 94 valence electrons. The van der Waals surface area contributed by atoms with Gasteiger partial charge in [-0.15, -0.1) is 0 Å². The second kappa shape index (κ2) is 7.35. The molecule has 1 aromatic carbocycles. The lowest BCUT2D eigenvalue weighted by atomic mass is 10.2. The molecule has 1 rings (SSSR count). The van der Waals surface area contributed by atoms with Crippen molar-refractivity contribution < 1.29 is 9.90 Å². The number of carbonyl (C=O) groups is 1. The third kappa shape index (κ3) is 5.24. The zero-order valence-electron chi connectivity index (χ0n) is 10.3. The van der Waals surface area contributed by atoms with E-state index in [0.717, 1.165) is 18.1 Å². The smallest absolute Gasteiger partial charge is 0.320 e. The van der Waals surface area contributed by atoms with Crippen LogP contribution in [0.1, 0.15) is 12.5 Å². The van der Waals surface area contributed by atoms with Crippen molar-refractivity contribution >= 4 is 17.7 Å². The van der Waals surface area contributed by atoms with Crippen LogP contribution in [0.4, 0.5) is 0 Å². The van der Waals surface area contributed by atoms with Crippen molar-refractivity contribution in [1.29, 1.82) is 0 Å². The normalized spacial score (nSPS) is 12.6. The van der Waals surface area contributed by atoms with E-state index in [9.17, 15) is 4.79 Å². The molecule has 0 fully saturated rings. The fourth-order valence-electron chi connectivity index (χ4n) is 1.35. The van der Waals surface area contributed by atoms with Gasteiger partial charge in [-0.3, -0.25) is 9.69 Å². The molecule has 1 atom stereocenters. The topological polar surface area (TPSA) is 40.5 Å². The molecule has 0 spiro atoms. The third-order valence-electron chi connectivity index (χ3n) is 2.72. The summed E-state index contributed by atoms with van der Waals surface area (Å²) in [6.07, 6.45) is 0. The summed E-state index contributed by atoms with van der Waals surface area (Å²) in [5.41, 5.74) is 1.31. The number of hydrogen-bond acceptors (Lipinski definition) is 3. The van der Waals surface area contributed by atoms with Gasteiger partial charge in [-0.05, 0) is 19.5 Å². The van der Waals surface area contributed by atoms with Crippen molar-refractivity contribution in [3.63, 3.8) is 0 Å². The Kier molecular flexibility index (Phi) is 6.08. The number of nitrogens with zero attached hydrogens (tertiary/aromatic N) is 1. The van der Waals surface area contributed by atoms with Crippen LogP contribution >= 0.6 is 11.8 Å². The first kappa shape index (κ1) is 14.1. The van der Waals surface area contributed by atoms with Crippen LogP contribution in [0, 0.1) is 0 Å². The maximum atomic E-state index is 10.7. The first-order valence-electron chi connectivity index (χ1n) is 5.66. The molecule has 0 saturated heterocycles. The average Bonchev–Trinajstić information content (AvgIpc) is 2.34. The van der Waals surface area contributed by atoms with Gasteiger partial charge in [0, 0.05) is 18.1 Å². The molecule has 0 heterocycles. The van der Waals surface area contributed by atoms with Gasteiger partial charge in [0.05, 0.1) is 0 Å². The molecule has 0 aliphatic rings. The Bertz CT molecular complexity index is 343. The summed E-state index contributed by atoms with van der Waals surface area (Å²) in [7, 11) is 1.85. The van der Waals surface area contributed by atoms with Crippen molar-refractivity contribution in [2.24, 2.45) is 0 Å². The number of rotatable bonds is 7. The van der Waals surface area contributed by atoms with Crippen LogP contribution < -0.4 is 0 Å². The molecular formula is C13H19NO2S. The Morgan fingerprint density at radius 1 is 1.41 bits per heavy atom. The van der Waals surface area contributed by atoms with Gasteiger partial charge in [0.15, 0.2) is 0 Å². The summed E-state index contributed by atoms with van der Waals surface area (Å²) in [4.78, 5) is 12.6. The SMILES string of the molecule is CC(C(=O)O)N(C)CCSCc1ccccc1. The van der Waals surface area contributed by atoms with Gasteiger partial charge < -0.3 is 5.11 Å². The standard InChI is InChI=1S/C13H19NO2S/c1-11(13(15)16)14(2)8-9-17-10-12-6-4-3-5-7-12/h3-7,11H,8-10H2,1-2H3,(H,15,16). The van der Waals surface area contributed by atoms with Gasteiger partial charge >= 0.3 is 5.97 Å². The van der Waals surface area contributed by atoms with E-state index in [0.29, 0.717) is 0 Å². The number of thioether (sulfide) groups is 1. The monoisotopic (exact) mass is 253 g/mol. The van der Waals surface area contributed by atoms with Crippen molar-refractivity contribution in [2.75, 3.05) is 19.3 Å². The Balaban J connectivity index is 2.18. The van der Waals surface area contributed by atoms with Crippen LogP contribution in [-0.2, 0) is 10.5 Å². The van der Waals surface area contributed by atoms with E-state index in [1.165, 1.54) is 5.56 Å². The minimum atomic E-state index is -0.763. The molecular weight excluding hydrogens is 234 g/mol. The Morgan fingerprint density at radius 2 is 2.06 bits per heavy atom.